The largest absolute Gasteiger partial charge is 0.0616 e. The van der Waals surface area contributed by atoms with Crippen molar-refractivity contribution in [3.63, 3.8) is 0 Å². The minimum Gasteiger partial charge on any atom is -0.0616 e. The molecule has 0 saturated carbocycles. The maximum atomic E-state index is 2.48. The van der Waals surface area contributed by atoms with E-state index >= 15 is 0 Å². The molecule has 0 radical (unpaired) electrons. The molecular formula is C49H34. The summed E-state index contributed by atoms with van der Waals surface area (Å²) in [5.41, 5.74) is 13.0. The van der Waals surface area contributed by atoms with Crippen molar-refractivity contribution in [3.05, 3.63) is 181 Å². The third-order valence-electron chi connectivity index (χ3n) is 11.0. The molecule has 1 aliphatic rings. The van der Waals surface area contributed by atoms with Gasteiger partial charge in [0.2, 0.25) is 0 Å². The van der Waals surface area contributed by atoms with Gasteiger partial charge in [-0.05, 0) is 117 Å². The summed E-state index contributed by atoms with van der Waals surface area (Å²) in [6, 6.07) is 63.1. The van der Waals surface area contributed by atoms with Crippen LogP contribution in [-0.2, 0) is 5.41 Å². The molecule has 0 atom stereocenters. The van der Waals surface area contributed by atoms with Crippen LogP contribution < -0.4 is 0 Å². The first-order valence-electron chi connectivity index (χ1n) is 17.3. The van der Waals surface area contributed by atoms with Crippen LogP contribution in [0.1, 0.15) is 25.0 Å². The zero-order chi connectivity index (χ0) is 32.7. The van der Waals surface area contributed by atoms with Gasteiger partial charge in [0, 0.05) is 5.41 Å². The van der Waals surface area contributed by atoms with Crippen molar-refractivity contribution in [2.45, 2.75) is 19.3 Å². The van der Waals surface area contributed by atoms with E-state index in [4.69, 9.17) is 0 Å². The lowest BCUT2D eigenvalue weighted by Gasteiger charge is -2.23. The molecule has 0 aliphatic heterocycles. The highest BCUT2D eigenvalue weighted by Crippen LogP contribution is 2.52. The Morgan fingerprint density at radius 3 is 1.43 bits per heavy atom. The van der Waals surface area contributed by atoms with Gasteiger partial charge in [-0.1, -0.05) is 166 Å². The van der Waals surface area contributed by atoms with Crippen LogP contribution in [0.2, 0.25) is 0 Å². The van der Waals surface area contributed by atoms with Crippen LogP contribution in [0.4, 0.5) is 0 Å². The maximum absolute atomic E-state index is 2.48. The van der Waals surface area contributed by atoms with Gasteiger partial charge < -0.3 is 0 Å². The average Bonchev–Trinajstić information content (AvgIpc) is 3.37. The van der Waals surface area contributed by atoms with Crippen LogP contribution in [0.25, 0.3) is 87.6 Å². The SMILES string of the molecule is CC1(C)c2cc(-c3c4ccccc4c(-c4ccc(-c5cccc6ccccc56)cc4)c4ccccc34)ccc2-c2cc3ccccc3cc21. The molecule has 1 aliphatic carbocycles. The number of benzene rings is 9. The molecule has 0 saturated heterocycles. The van der Waals surface area contributed by atoms with Gasteiger partial charge in [-0.15, -0.1) is 0 Å². The lowest BCUT2D eigenvalue weighted by Crippen LogP contribution is -2.15. The Morgan fingerprint density at radius 1 is 0.306 bits per heavy atom. The van der Waals surface area contributed by atoms with Gasteiger partial charge in [-0.3, -0.25) is 0 Å². The van der Waals surface area contributed by atoms with Gasteiger partial charge >= 0.3 is 0 Å². The molecule has 0 spiro atoms. The highest BCUT2D eigenvalue weighted by Gasteiger charge is 2.36. The minimum absolute atomic E-state index is 0.0952. The Balaban J connectivity index is 1.16. The third-order valence-corrected chi connectivity index (χ3v) is 11.0. The van der Waals surface area contributed by atoms with Gasteiger partial charge in [0.1, 0.15) is 0 Å². The van der Waals surface area contributed by atoms with E-state index in [1.54, 1.807) is 0 Å². The fourth-order valence-electron chi connectivity index (χ4n) is 8.62. The van der Waals surface area contributed by atoms with E-state index in [1.807, 2.05) is 0 Å². The van der Waals surface area contributed by atoms with Crippen LogP contribution in [0.15, 0.2) is 170 Å². The van der Waals surface area contributed by atoms with Crippen molar-refractivity contribution < 1.29 is 0 Å². The van der Waals surface area contributed by atoms with E-state index in [2.05, 4.69) is 184 Å². The van der Waals surface area contributed by atoms with Gasteiger partial charge in [0.25, 0.3) is 0 Å². The smallest absolute Gasteiger partial charge is 0.0159 e. The standard InChI is InChI=1S/C49H34/c1-49(2)45-30-36(26-27-39(45)44-28-34-13-3-4-14-35(34)29-46(44)49)48-42-19-9-7-17-40(42)47(41-18-8-10-20-43(41)48)33-24-22-32(23-25-33)38-21-11-15-31-12-5-6-16-37(31)38/h3-30H,1-2H3. The van der Waals surface area contributed by atoms with Crippen molar-refractivity contribution in [3.8, 4) is 44.5 Å². The van der Waals surface area contributed by atoms with Crippen LogP contribution in [0.5, 0.6) is 0 Å². The lowest BCUT2D eigenvalue weighted by molar-refractivity contribution is 0.661. The van der Waals surface area contributed by atoms with E-state index in [-0.39, 0.29) is 5.41 Å². The molecule has 9 aromatic carbocycles. The summed E-state index contributed by atoms with van der Waals surface area (Å²) in [7, 11) is 0. The summed E-state index contributed by atoms with van der Waals surface area (Å²) < 4.78 is 0. The first-order chi connectivity index (χ1) is 24.1. The van der Waals surface area contributed by atoms with E-state index in [0.717, 1.165) is 0 Å². The second-order valence-corrected chi connectivity index (χ2v) is 14.1. The zero-order valence-electron chi connectivity index (χ0n) is 27.7. The summed E-state index contributed by atoms with van der Waals surface area (Å²) in [6.07, 6.45) is 0. The van der Waals surface area contributed by atoms with Gasteiger partial charge in [0.15, 0.2) is 0 Å². The first-order valence-corrected chi connectivity index (χ1v) is 17.3. The Hall–Kier alpha value is -5.98. The normalized spacial score (nSPS) is 13.3. The molecular weight excluding hydrogens is 589 g/mol. The summed E-state index contributed by atoms with van der Waals surface area (Å²) in [6.45, 7) is 4.77. The molecule has 230 valence electrons. The Labute approximate surface area is 286 Å². The van der Waals surface area contributed by atoms with Gasteiger partial charge in [0.05, 0.1) is 0 Å². The summed E-state index contributed by atoms with van der Waals surface area (Å²) >= 11 is 0. The third kappa shape index (κ3) is 4.17. The fraction of sp³-hybridized carbons (Fsp3) is 0.0612. The Kier molecular flexibility index (Phi) is 6.02. The minimum atomic E-state index is -0.0952. The van der Waals surface area contributed by atoms with E-state index in [0.29, 0.717) is 0 Å². The Bertz CT molecular complexity index is 2720. The molecule has 49 heavy (non-hydrogen) atoms. The molecule has 0 nitrogen and oxygen atoms in total. The molecule has 0 aromatic heterocycles. The molecule has 0 amide bonds. The van der Waals surface area contributed by atoms with E-state index < -0.39 is 0 Å². The lowest BCUT2D eigenvalue weighted by atomic mass is 9.80. The quantitative estimate of drug-likeness (QED) is 0.172. The number of hydrogen-bond acceptors (Lipinski definition) is 0. The average molecular weight is 623 g/mol. The van der Waals surface area contributed by atoms with Crippen molar-refractivity contribution in [1.29, 1.82) is 0 Å². The molecule has 0 heteroatoms. The molecule has 0 unspecified atom stereocenters. The second kappa shape index (κ2) is 10.5. The van der Waals surface area contributed by atoms with Gasteiger partial charge in [-0.25, -0.2) is 0 Å². The molecule has 10 rings (SSSR count). The number of hydrogen-bond donors (Lipinski definition) is 0. The maximum Gasteiger partial charge on any atom is 0.0159 e. The second-order valence-electron chi connectivity index (χ2n) is 14.1. The van der Waals surface area contributed by atoms with Crippen molar-refractivity contribution in [1.82, 2.24) is 0 Å². The highest BCUT2D eigenvalue weighted by atomic mass is 14.4. The van der Waals surface area contributed by atoms with Gasteiger partial charge in [-0.2, -0.15) is 0 Å². The molecule has 0 N–H and O–H groups in total. The fourth-order valence-corrected chi connectivity index (χ4v) is 8.62. The van der Waals surface area contributed by atoms with Crippen molar-refractivity contribution >= 4 is 43.1 Å². The summed E-state index contributed by atoms with van der Waals surface area (Å²) in [5, 5.41) is 10.3. The predicted octanol–water partition coefficient (Wildman–Crippen LogP) is 13.6. The monoisotopic (exact) mass is 622 g/mol. The van der Waals surface area contributed by atoms with E-state index in [1.165, 1.54) is 98.7 Å². The van der Waals surface area contributed by atoms with Crippen LogP contribution >= 0.6 is 0 Å². The highest BCUT2D eigenvalue weighted by molar-refractivity contribution is 6.21. The van der Waals surface area contributed by atoms with E-state index in [9.17, 15) is 0 Å². The number of rotatable bonds is 3. The van der Waals surface area contributed by atoms with Crippen LogP contribution in [0.3, 0.4) is 0 Å². The first kappa shape index (κ1) is 28.1. The van der Waals surface area contributed by atoms with Crippen LogP contribution in [-0.4, -0.2) is 0 Å². The van der Waals surface area contributed by atoms with Crippen molar-refractivity contribution in [2.24, 2.45) is 0 Å². The number of fused-ring (bicyclic) bond motifs is 7. The zero-order valence-corrected chi connectivity index (χ0v) is 27.7. The van der Waals surface area contributed by atoms with Crippen LogP contribution in [0, 0.1) is 0 Å². The van der Waals surface area contributed by atoms with Crippen molar-refractivity contribution in [2.75, 3.05) is 0 Å². The molecule has 0 bridgehead atoms. The topological polar surface area (TPSA) is 0 Å². The summed E-state index contributed by atoms with van der Waals surface area (Å²) in [5.74, 6) is 0. The summed E-state index contributed by atoms with van der Waals surface area (Å²) in [4.78, 5) is 0. The molecule has 9 aromatic rings. The molecule has 0 heterocycles. The predicted molar refractivity (Wildman–Crippen MR) is 210 cm³/mol. The molecule has 0 fully saturated rings. The Morgan fingerprint density at radius 2 is 0.776 bits per heavy atom.